The van der Waals surface area contributed by atoms with Crippen LogP contribution in [-0.4, -0.2) is 70.2 Å². The van der Waals surface area contributed by atoms with Gasteiger partial charge in [0.05, 0.1) is 6.26 Å². The van der Waals surface area contributed by atoms with Crippen molar-refractivity contribution in [1.82, 2.24) is 30.3 Å². The Balaban J connectivity index is 1.59. The molecule has 8 nitrogen and oxygen atoms in total. The highest BCUT2D eigenvalue weighted by atomic mass is 16.3. The summed E-state index contributed by atoms with van der Waals surface area (Å²) in [5.74, 6) is 3.59. The van der Waals surface area contributed by atoms with Gasteiger partial charge in [0.2, 0.25) is 5.82 Å². The van der Waals surface area contributed by atoms with E-state index in [-0.39, 0.29) is 0 Å². The van der Waals surface area contributed by atoms with Crippen LogP contribution in [0.3, 0.4) is 0 Å². The summed E-state index contributed by atoms with van der Waals surface area (Å²) < 4.78 is 5.32. The van der Waals surface area contributed by atoms with Crippen LogP contribution < -0.4 is 5.32 Å². The van der Waals surface area contributed by atoms with E-state index in [2.05, 4.69) is 51.1 Å². The average molecular weight is 359 g/mol. The first-order chi connectivity index (χ1) is 12.7. The number of rotatable bonds is 6. The minimum atomic E-state index is 0.461. The highest BCUT2D eigenvalue weighted by molar-refractivity contribution is 5.80. The van der Waals surface area contributed by atoms with E-state index in [1.54, 1.807) is 6.26 Å². The minimum Gasteiger partial charge on any atom is -0.461 e. The van der Waals surface area contributed by atoms with E-state index in [0.29, 0.717) is 24.0 Å². The zero-order chi connectivity index (χ0) is 18.4. The first-order valence-electron chi connectivity index (χ1n) is 9.36. The van der Waals surface area contributed by atoms with Crippen LogP contribution >= 0.6 is 0 Å². The van der Waals surface area contributed by atoms with Crippen molar-refractivity contribution < 1.29 is 4.42 Å². The zero-order valence-corrected chi connectivity index (χ0v) is 15.9. The lowest BCUT2D eigenvalue weighted by molar-refractivity contribution is 0.164. The van der Waals surface area contributed by atoms with E-state index in [9.17, 15) is 0 Å². The summed E-state index contributed by atoms with van der Waals surface area (Å²) >= 11 is 0. The molecule has 0 atom stereocenters. The molecule has 26 heavy (non-hydrogen) atoms. The van der Waals surface area contributed by atoms with Gasteiger partial charge in [-0.25, -0.2) is 9.98 Å². The summed E-state index contributed by atoms with van der Waals surface area (Å²) in [4.78, 5) is 14.0. The molecule has 3 rings (SSSR count). The maximum Gasteiger partial charge on any atom is 0.216 e. The van der Waals surface area contributed by atoms with Gasteiger partial charge in [-0.15, -0.1) is 5.10 Å². The van der Waals surface area contributed by atoms with Crippen molar-refractivity contribution in [2.24, 2.45) is 10.9 Å². The number of hydrogen-bond acceptors (Lipinski definition) is 5. The Labute approximate surface area is 154 Å². The third-order valence-electron chi connectivity index (χ3n) is 4.28. The lowest BCUT2D eigenvalue weighted by Gasteiger charge is -2.37. The number of aromatic amines is 1. The van der Waals surface area contributed by atoms with E-state index in [1.165, 1.54) is 0 Å². The summed E-state index contributed by atoms with van der Waals surface area (Å²) in [6, 6.07) is 3.67. The van der Waals surface area contributed by atoms with Gasteiger partial charge in [-0.3, -0.25) is 10.00 Å². The fraction of sp³-hybridized carbons (Fsp3) is 0.611. The number of nitrogens with one attached hydrogen (secondary N) is 2. The van der Waals surface area contributed by atoms with Crippen LogP contribution in [0.1, 0.15) is 26.6 Å². The number of H-pyrrole nitrogens is 1. The first-order valence-corrected chi connectivity index (χ1v) is 9.36. The summed E-state index contributed by atoms with van der Waals surface area (Å²) in [6.45, 7) is 13.2. The first kappa shape index (κ1) is 18.4. The summed E-state index contributed by atoms with van der Waals surface area (Å²) in [7, 11) is 0. The Morgan fingerprint density at radius 3 is 2.81 bits per heavy atom. The molecule has 0 bridgehead atoms. The molecule has 142 valence electrons. The summed E-state index contributed by atoms with van der Waals surface area (Å²) in [5, 5.41) is 10.5. The zero-order valence-electron chi connectivity index (χ0n) is 15.9. The molecule has 0 unspecified atom stereocenters. The largest absolute Gasteiger partial charge is 0.461 e. The average Bonchev–Trinajstić information content (AvgIpc) is 3.30. The molecule has 2 aromatic heterocycles. The Bertz CT molecular complexity index is 684. The predicted octanol–water partition coefficient (Wildman–Crippen LogP) is 1.80. The van der Waals surface area contributed by atoms with Crippen molar-refractivity contribution in [3.05, 3.63) is 24.2 Å². The number of piperazine rings is 1. The third-order valence-corrected chi connectivity index (χ3v) is 4.28. The number of hydrogen-bond donors (Lipinski definition) is 2. The van der Waals surface area contributed by atoms with Crippen molar-refractivity contribution in [3.63, 3.8) is 0 Å². The van der Waals surface area contributed by atoms with Gasteiger partial charge in [-0.2, -0.15) is 0 Å². The minimum absolute atomic E-state index is 0.461. The van der Waals surface area contributed by atoms with Crippen LogP contribution in [0.5, 0.6) is 0 Å². The molecule has 1 saturated heterocycles. The molecule has 2 N–H and O–H groups in total. The number of nitrogens with zero attached hydrogens (tertiary/aromatic N) is 5. The number of guanidine groups is 1. The highest BCUT2D eigenvalue weighted by Gasteiger charge is 2.20. The van der Waals surface area contributed by atoms with Crippen molar-refractivity contribution in [1.29, 1.82) is 0 Å². The molecule has 8 heteroatoms. The molecular weight excluding hydrogens is 330 g/mol. The normalized spacial score (nSPS) is 16.5. The number of aliphatic imine (C=N–C) groups is 1. The topological polar surface area (TPSA) is 85.6 Å². The Morgan fingerprint density at radius 1 is 1.35 bits per heavy atom. The molecule has 0 saturated carbocycles. The van der Waals surface area contributed by atoms with Gasteiger partial charge in [0.15, 0.2) is 11.7 Å². The number of furan rings is 1. The summed E-state index contributed by atoms with van der Waals surface area (Å²) in [6.07, 6.45) is 1.62. The van der Waals surface area contributed by atoms with E-state index in [1.807, 2.05) is 12.1 Å². The van der Waals surface area contributed by atoms with Gasteiger partial charge in [0.25, 0.3) is 0 Å². The molecule has 0 spiro atoms. The fourth-order valence-corrected chi connectivity index (χ4v) is 3.12. The van der Waals surface area contributed by atoms with Crippen molar-refractivity contribution >= 4 is 5.96 Å². The standard InChI is InChI=1S/C18H29N7O/c1-4-19-18(25-9-7-24(8-10-25)13-14(2)3)20-12-16-21-17(23-22-16)15-6-5-11-26-15/h5-6,11,14H,4,7-10,12-13H2,1-3H3,(H,19,20)(H,21,22,23). The Kier molecular flexibility index (Phi) is 6.27. The quantitative estimate of drug-likeness (QED) is 0.604. The smallest absolute Gasteiger partial charge is 0.216 e. The molecule has 1 fully saturated rings. The number of aromatic nitrogens is 3. The van der Waals surface area contributed by atoms with Gasteiger partial charge >= 0.3 is 0 Å². The lowest BCUT2D eigenvalue weighted by Crippen LogP contribution is -2.53. The van der Waals surface area contributed by atoms with Crippen molar-refractivity contribution in [2.45, 2.75) is 27.3 Å². The predicted molar refractivity (Wildman–Crippen MR) is 102 cm³/mol. The van der Waals surface area contributed by atoms with E-state index in [4.69, 9.17) is 9.41 Å². The van der Waals surface area contributed by atoms with Crippen LogP contribution in [0, 0.1) is 5.92 Å². The molecule has 1 aliphatic rings. The Hall–Kier alpha value is -2.35. The molecule has 3 heterocycles. The maximum absolute atomic E-state index is 5.32. The van der Waals surface area contributed by atoms with Gasteiger partial charge in [0, 0.05) is 39.3 Å². The Morgan fingerprint density at radius 2 is 2.15 bits per heavy atom. The SMILES string of the molecule is CCNC(=NCc1nc(-c2ccco2)n[nH]1)N1CCN(CC(C)C)CC1. The summed E-state index contributed by atoms with van der Waals surface area (Å²) in [5.41, 5.74) is 0. The van der Waals surface area contributed by atoms with Crippen LogP contribution in [-0.2, 0) is 6.54 Å². The molecule has 2 aromatic rings. The third kappa shape index (κ3) is 4.85. The monoisotopic (exact) mass is 359 g/mol. The highest BCUT2D eigenvalue weighted by Crippen LogP contribution is 2.14. The molecule has 1 aliphatic heterocycles. The van der Waals surface area contributed by atoms with Gasteiger partial charge in [-0.1, -0.05) is 13.8 Å². The van der Waals surface area contributed by atoms with Crippen molar-refractivity contribution in [3.8, 4) is 11.6 Å². The fourth-order valence-electron chi connectivity index (χ4n) is 3.12. The van der Waals surface area contributed by atoms with Gasteiger partial charge < -0.3 is 14.6 Å². The van der Waals surface area contributed by atoms with Crippen molar-refractivity contribution in [2.75, 3.05) is 39.3 Å². The van der Waals surface area contributed by atoms with E-state index < -0.39 is 0 Å². The molecule has 0 aromatic carbocycles. The van der Waals surface area contributed by atoms with Crippen LogP contribution in [0.2, 0.25) is 0 Å². The second-order valence-corrected chi connectivity index (χ2v) is 6.93. The lowest BCUT2D eigenvalue weighted by atomic mass is 10.2. The van der Waals surface area contributed by atoms with E-state index >= 15 is 0 Å². The molecule has 0 aliphatic carbocycles. The van der Waals surface area contributed by atoms with Crippen LogP contribution in [0.25, 0.3) is 11.6 Å². The van der Waals surface area contributed by atoms with Crippen LogP contribution in [0.15, 0.2) is 27.8 Å². The molecular formula is C18H29N7O. The second-order valence-electron chi connectivity index (χ2n) is 6.93. The van der Waals surface area contributed by atoms with Crippen LogP contribution in [0.4, 0.5) is 0 Å². The van der Waals surface area contributed by atoms with E-state index in [0.717, 1.165) is 51.1 Å². The molecule has 0 amide bonds. The van der Waals surface area contributed by atoms with Gasteiger partial charge in [0.1, 0.15) is 12.4 Å². The second kappa shape index (κ2) is 8.84. The van der Waals surface area contributed by atoms with Gasteiger partial charge in [-0.05, 0) is 25.0 Å². The maximum atomic E-state index is 5.32. The molecule has 0 radical (unpaired) electrons.